The molecule has 3 aromatic rings. The van der Waals surface area contributed by atoms with E-state index in [0.29, 0.717) is 31.1 Å². The third kappa shape index (κ3) is 4.99. The van der Waals surface area contributed by atoms with Gasteiger partial charge in [-0.1, -0.05) is 62.8 Å². The highest BCUT2D eigenvalue weighted by Gasteiger charge is 2.80. The predicted molar refractivity (Wildman–Crippen MR) is 214 cm³/mol. The number of anilines is 1. The van der Waals surface area contributed by atoms with Crippen molar-refractivity contribution in [2.75, 3.05) is 59.5 Å². The fourth-order valence-corrected chi connectivity index (χ4v) is 13.3. The van der Waals surface area contributed by atoms with Gasteiger partial charge in [0, 0.05) is 85.1 Å². The van der Waals surface area contributed by atoms with Crippen LogP contribution >= 0.6 is 0 Å². The molecule has 9 rings (SSSR count). The van der Waals surface area contributed by atoms with E-state index in [1.165, 1.54) is 21.1 Å². The molecule has 11 atom stereocenters. The normalized spacial score (nSPS) is 36.3. The first-order valence-electron chi connectivity index (χ1n) is 20.7. The molecule has 1 spiro atoms. The fraction of sp³-hybridized carbons (Fsp3) is 0.578. The monoisotopic (exact) mass is 780 g/mol. The molecule has 1 saturated carbocycles. The number of hydrogen-bond acceptors (Lipinski definition) is 11. The van der Waals surface area contributed by atoms with Crippen LogP contribution < -0.4 is 9.64 Å². The average Bonchev–Trinajstić information content (AvgIpc) is 3.86. The number of nitrogens with one attached hydrogen (secondary N) is 1. The first-order chi connectivity index (χ1) is 27.4. The summed E-state index contributed by atoms with van der Waals surface area (Å²) in [6.45, 7) is 9.57. The smallest absolute Gasteiger partial charge is 0.344 e. The number of nitrogens with zero attached hydrogens (tertiary/aromatic N) is 3. The lowest BCUT2D eigenvalue weighted by Crippen LogP contribution is -2.81. The molecule has 2 saturated heterocycles. The van der Waals surface area contributed by atoms with Crippen LogP contribution in [-0.2, 0) is 40.6 Å². The van der Waals surface area contributed by atoms with Crippen LogP contribution in [0, 0.1) is 17.3 Å². The summed E-state index contributed by atoms with van der Waals surface area (Å²) in [6.07, 6.45) is 6.06. The summed E-state index contributed by atoms with van der Waals surface area (Å²) in [5.74, 6) is -1.57. The number of aromatic nitrogens is 1. The third-order valence-electron chi connectivity index (χ3n) is 15.2. The number of benzene rings is 2. The van der Waals surface area contributed by atoms with E-state index >= 15 is 0 Å². The summed E-state index contributed by atoms with van der Waals surface area (Å²) >= 11 is 0. The molecule has 0 radical (unpaired) electrons. The highest BCUT2D eigenvalue weighted by Crippen LogP contribution is 2.69. The van der Waals surface area contributed by atoms with Gasteiger partial charge in [0.05, 0.1) is 33.1 Å². The molecule has 2 N–H and O–H groups in total. The lowest BCUT2D eigenvalue weighted by molar-refractivity contribution is -0.228. The van der Waals surface area contributed by atoms with Crippen molar-refractivity contribution in [3.8, 4) is 5.75 Å². The number of likely N-dealkylation sites (N-methyl/N-ethyl adjacent to an activating group) is 1. The molecule has 3 fully saturated rings. The Morgan fingerprint density at radius 1 is 1.02 bits per heavy atom. The Balaban J connectivity index is 1.31. The lowest BCUT2D eigenvalue weighted by atomic mass is 9.47. The van der Waals surface area contributed by atoms with E-state index < -0.39 is 46.4 Å². The van der Waals surface area contributed by atoms with E-state index in [4.69, 9.17) is 18.9 Å². The SMILES string of the molecule is CC[C@@H]1C[C@@H]2CN(Cc3c([nH]c4ccccc34)[C@H](C(=O)OC)C2c2ccc3c(c2OC)N(C)[C@H]2[C@@](O)(C(=O)OC)[C@H](OC(C)=O)[C@]4(CC)C=CCN5CC[C@]32[C@@H]54)C1. The summed E-state index contributed by atoms with van der Waals surface area (Å²) in [4.78, 5) is 52.5. The summed E-state index contributed by atoms with van der Waals surface area (Å²) in [5.41, 5.74) is 1.68. The number of aliphatic hydroxyl groups is 1. The number of carbonyl (C=O) groups is 3. The van der Waals surface area contributed by atoms with Gasteiger partial charge in [0.2, 0.25) is 5.60 Å². The van der Waals surface area contributed by atoms with Crippen LogP contribution in [0.3, 0.4) is 0 Å². The van der Waals surface area contributed by atoms with Crippen molar-refractivity contribution in [1.82, 2.24) is 14.8 Å². The van der Waals surface area contributed by atoms with Crippen molar-refractivity contribution < 1.29 is 38.4 Å². The second-order valence-corrected chi connectivity index (χ2v) is 17.5. The quantitative estimate of drug-likeness (QED) is 0.190. The molecule has 12 heteroatoms. The van der Waals surface area contributed by atoms with Gasteiger partial charge >= 0.3 is 17.9 Å². The van der Waals surface area contributed by atoms with Gasteiger partial charge in [-0.15, -0.1) is 0 Å². The maximum absolute atomic E-state index is 14.5. The Morgan fingerprint density at radius 3 is 2.51 bits per heavy atom. The molecular formula is C45H56N4O8. The summed E-state index contributed by atoms with van der Waals surface area (Å²) < 4.78 is 24.0. The molecule has 57 heavy (non-hydrogen) atoms. The highest BCUT2D eigenvalue weighted by atomic mass is 16.6. The average molecular weight is 781 g/mol. The van der Waals surface area contributed by atoms with Crippen molar-refractivity contribution >= 4 is 34.5 Å². The lowest BCUT2D eigenvalue weighted by Gasteiger charge is -2.63. The minimum Gasteiger partial charge on any atom is -0.494 e. The minimum atomic E-state index is -2.25. The number of hydrogen-bond donors (Lipinski definition) is 2. The molecule has 2 unspecified atom stereocenters. The minimum absolute atomic E-state index is 0.0880. The van der Waals surface area contributed by atoms with Gasteiger partial charge in [-0.3, -0.25) is 19.4 Å². The van der Waals surface area contributed by atoms with Crippen molar-refractivity contribution in [2.45, 2.75) is 94.0 Å². The maximum atomic E-state index is 14.5. The summed E-state index contributed by atoms with van der Waals surface area (Å²) in [5, 5.41) is 14.4. The number of esters is 3. The molecule has 304 valence electrons. The Morgan fingerprint density at radius 2 is 1.81 bits per heavy atom. The Kier molecular flexibility index (Phi) is 9.10. The Bertz CT molecular complexity index is 2170. The molecule has 2 aromatic carbocycles. The van der Waals surface area contributed by atoms with Crippen molar-refractivity contribution in [2.24, 2.45) is 17.3 Å². The number of fused-ring (bicyclic) bond motifs is 6. The third-order valence-corrected chi connectivity index (χ3v) is 15.2. The number of para-hydroxylation sites is 1. The number of carbonyl (C=O) groups excluding carboxylic acids is 3. The Hall–Kier alpha value is -4.39. The standard InChI is InChI=1S/C45H56N4O8/c1-8-26-21-27-23-48(22-26)24-30-28-13-10-11-14-32(28)46-35(30)34(38(51)55-6)33(27)29-15-16-31-36(37(29)54-5)47(4)40-44(31)18-20-49-19-12-17-43(9-2,39(44)49)41(57-25(3)50)45(40,53)42(52)56-7/h10-17,26-27,33-34,39-41,46,53H,8-9,18-24H2,1-7H3/t26-,27-,33?,34-,39+,40-,41-,43-,44-,45+/m1/s1. The van der Waals surface area contributed by atoms with Gasteiger partial charge in [-0.2, -0.15) is 0 Å². The Labute approximate surface area is 334 Å². The number of methoxy groups -OCH3 is 3. The van der Waals surface area contributed by atoms with E-state index in [1.807, 2.05) is 31.0 Å². The van der Waals surface area contributed by atoms with Gasteiger partial charge in [0.15, 0.2) is 6.10 Å². The van der Waals surface area contributed by atoms with Gasteiger partial charge in [0.1, 0.15) is 11.7 Å². The predicted octanol–water partition coefficient (Wildman–Crippen LogP) is 5.02. The van der Waals surface area contributed by atoms with Gasteiger partial charge in [0.25, 0.3) is 0 Å². The molecule has 2 bridgehead atoms. The van der Waals surface area contributed by atoms with Crippen LogP contribution in [0.15, 0.2) is 48.6 Å². The fourth-order valence-electron chi connectivity index (χ4n) is 13.3. The maximum Gasteiger partial charge on any atom is 0.344 e. The van der Waals surface area contributed by atoms with E-state index in [1.54, 1.807) is 7.11 Å². The molecule has 6 aliphatic rings. The van der Waals surface area contributed by atoms with E-state index in [0.717, 1.165) is 78.0 Å². The van der Waals surface area contributed by atoms with E-state index in [2.05, 4.69) is 58.1 Å². The largest absolute Gasteiger partial charge is 0.494 e. The van der Waals surface area contributed by atoms with Crippen molar-refractivity contribution in [3.63, 3.8) is 0 Å². The van der Waals surface area contributed by atoms with Gasteiger partial charge in [-0.25, -0.2) is 4.79 Å². The molecule has 0 amide bonds. The summed E-state index contributed by atoms with van der Waals surface area (Å²) in [6, 6.07) is 11.5. The van der Waals surface area contributed by atoms with Crippen LogP contribution in [0.4, 0.5) is 5.69 Å². The van der Waals surface area contributed by atoms with E-state index in [9.17, 15) is 19.5 Å². The topological polar surface area (TPSA) is 134 Å². The molecule has 5 aliphatic heterocycles. The highest BCUT2D eigenvalue weighted by molar-refractivity contribution is 5.90. The zero-order valence-electron chi connectivity index (χ0n) is 34.2. The van der Waals surface area contributed by atoms with Crippen LogP contribution in [-0.4, -0.2) is 116 Å². The molecule has 6 heterocycles. The molecule has 12 nitrogen and oxygen atoms in total. The number of piperidine rings is 1. The number of rotatable bonds is 7. The number of aromatic amines is 1. The second kappa shape index (κ2) is 13.6. The van der Waals surface area contributed by atoms with Gasteiger partial charge < -0.3 is 33.9 Å². The van der Waals surface area contributed by atoms with E-state index in [-0.39, 0.29) is 23.8 Å². The molecule has 1 aromatic heterocycles. The zero-order valence-corrected chi connectivity index (χ0v) is 34.2. The van der Waals surface area contributed by atoms with Crippen LogP contribution in [0.25, 0.3) is 10.9 Å². The molecular weight excluding hydrogens is 725 g/mol. The summed E-state index contributed by atoms with van der Waals surface area (Å²) in [7, 11) is 6.33. The molecule has 1 aliphatic carbocycles. The van der Waals surface area contributed by atoms with Gasteiger partial charge in [-0.05, 0) is 54.8 Å². The van der Waals surface area contributed by atoms with Crippen LogP contribution in [0.5, 0.6) is 5.75 Å². The van der Waals surface area contributed by atoms with Crippen molar-refractivity contribution in [1.29, 1.82) is 0 Å². The first-order valence-corrected chi connectivity index (χ1v) is 20.7. The zero-order chi connectivity index (χ0) is 40.2. The number of ether oxygens (including phenoxy) is 4. The van der Waals surface area contributed by atoms with Crippen LogP contribution in [0.1, 0.15) is 80.7 Å². The van der Waals surface area contributed by atoms with Crippen molar-refractivity contribution in [3.05, 3.63) is 70.9 Å². The van der Waals surface area contributed by atoms with Crippen LogP contribution in [0.2, 0.25) is 0 Å². The number of H-pyrrole nitrogens is 1. The second-order valence-electron chi connectivity index (χ2n) is 17.5. The first kappa shape index (κ1) is 38.1.